The standard InChI is InChI=1S/C22H18N2O/c1-16-5-9-20-15-18-14-17(6-8-19-4-2-3-12-23-19)7-10-21(18)22(25)24(20)13-11-16/h2,4,7,10,14-16H,5,9,11,13H2,1H3. The predicted octanol–water partition coefficient (Wildman–Crippen LogP) is 3.37. The molecule has 1 atom stereocenters. The smallest absolute Gasteiger partial charge is 0.258 e. The fourth-order valence-corrected chi connectivity index (χ4v) is 3.32. The van der Waals surface area contributed by atoms with E-state index in [0.29, 0.717) is 11.6 Å². The fourth-order valence-electron chi connectivity index (χ4n) is 3.32. The molecule has 2 aromatic heterocycles. The number of rotatable bonds is 0. The second-order valence-electron chi connectivity index (χ2n) is 6.66. The Bertz CT molecular complexity index is 1040. The summed E-state index contributed by atoms with van der Waals surface area (Å²) in [5, 5.41) is 1.74. The SMILES string of the molecule is CC1CCc2cc3cc(C#Cc4ccc#cn4)ccc3c(=O)n2CC1. The fraction of sp³-hybridized carbons (Fsp3) is 0.273. The zero-order chi connectivity index (χ0) is 17.2. The number of hydrogen-bond acceptors (Lipinski definition) is 2. The van der Waals surface area contributed by atoms with Crippen LogP contribution in [-0.4, -0.2) is 9.55 Å². The first-order valence-corrected chi connectivity index (χ1v) is 8.64. The maximum absolute atomic E-state index is 12.8. The lowest BCUT2D eigenvalue weighted by atomic mass is 10.0. The number of hydrogen-bond donors (Lipinski definition) is 0. The lowest BCUT2D eigenvalue weighted by molar-refractivity contribution is 0.484. The summed E-state index contributed by atoms with van der Waals surface area (Å²) in [4.78, 5) is 16.9. The molecule has 0 spiro atoms. The van der Waals surface area contributed by atoms with Gasteiger partial charge in [0, 0.05) is 29.4 Å². The number of aryl methyl sites for hydroxylation is 1. The molecule has 0 saturated heterocycles. The van der Waals surface area contributed by atoms with Crippen molar-refractivity contribution in [2.24, 2.45) is 5.92 Å². The van der Waals surface area contributed by atoms with Crippen molar-refractivity contribution < 1.29 is 0 Å². The number of aromatic nitrogens is 2. The van der Waals surface area contributed by atoms with Crippen molar-refractivity contribution >= 4 is 10.8 Å². The number of fused-ring (bicyclic) bond motifs is 2. The average molecular weight is 326 g/mol. The van der Waals surface area contributed by atoms with Gasteiger partial charge in [0.25, 0.3) is 5.56 Å². The van der Waals surface area contributed by atoms with Crippen molar-refractivity contribution in [1.82, 2.24) is 9.55 Å². The zero-order valence-corrected chi connectivity index (χ0v) is 14.2. The van der Waals surface area contributed by atoms with E-state index in [0.717, 1.165) is 47.8 Å². The molecule has 0 aliphatic carbocycles. The van der Waals surface area contributed by atoms with Crippen molar-refractivity contribution in [3.63, 3.8) is 0 Å². The Morgan fingerprint density at radius 3 is 2.96 bits per heavy atom. The Morgan fingerprint density at radius 2 is 2.12 bits per heavy atom. The van der Waals surface area contributed by atoms with Crippen LogP contribution in [0.1, 0.15) is 36.7 Å². The summed E-state index contributed by atoms with van der Waals surface area (Å²) < 4.78 is 1.96. The number of benzene rings is 1. The average Bonchev–Trinajstić information content (AvgIpc) is 2.83. The topological polar surface area (TPSA) is 34.9 Å². The Hall–Kier alpha value is -3.04. The van der Waals surface area contributed by atoms with Crippen LogP contribution >= 0.6 is 0 Å². The van der Waals surface area contributed by atoms with Crippen LogP contribution in [0.4, 0.5) is 0 Å². The van der Waals surface area contributed by atoms with Gasteiger partial charge in [-0.05, 0) is 79.0 Å². The summed E-state index contributed by atoms with van der Waals surface area (Å²) in [5.74, 6) is 6.80. The van der Waals surface area contributed by atoms with Gasteiger partial charge in [-0.1, -0.05) is 12.8 Å². The summed E-state index contributed by atoms with van der Waals surface area (Å²) in [5.41, 5.74) is 2.81. The lowest BCUT2D eigenvalue weighted by Gasteiger charge is -2.11. The minimum absolute atomic E-state index is 0.121. The second-order valence-corrected chi connectivity index (χ2v) is 6.66. The van der Waals surface area contributed by atoms with E-state index in [1.54, 1.807) is 12.1 Å². The van der Waals surface area contributed by atoms with Gasteiger partial charge in [-0.25, -0.2) is 0 Å². The molecule has 3 heteroatoms. The summed E-state index contributed by atoms with van der Waals surface area (Å²) in [6.45, 7) is 3.08. The van der Waals surface area contributed by atoms with Crippen molar-refractivity contribution in [1.29, 1.82) is 0 Å². The molecule has 3 aromatic rings. The molecule has 0 saturated carbocycles. The van der Waals surface area contributed by atoms with Gasteiger partial charge in [0.05, 0.1) is 0 Å². The Labute approximate surface area is 147 Å². The Balaban J connectivity index is 1.77. The van der Waals surface area contributed by atoms with Crippen molar-refractivity contribution in [2.75, 3.05) is 0 Å². The summed E-state index contributed by atoms with van der Waals surface area (Å²) in [7, 11) is 0. The third-order valence-electron chi connectivity index (χ3n) is 4.84. The van der Waals surface area contributed by atoms with Crippen molar-refractivity contribution in [3.8, 4) is 11.8 Å². The molecule has 0 amide bonds. The molecule has 3 nitrogen and oxygen atoms in total. The van der Waals surface area contributed by atoms with Gasteiger partial charge < -0.3 is 4.57 Å². The molecular formula is C22H18N2O. The van der Waals surface area contributed by atoms with E-state index in [1.807, 2.05) is 22.8 Å². The quantitative estimate of drug-likeness (QED) is 0.594. The molecule has 1 unspecified atom stereocenters. The molecular weight excluding hydrogens is 308 g/mol. The van der Waals surface area contributed by atoms with Gasteiger partial charge >= 0.3 is 0 Å². The zero-order valence-electron chi connectivity index (χ0n) is 14.2. The third-order valence-corrected chi connectivity index (χ3v) is 4.84. The number of nitrogens with zero attached hydrogens (tertiary/aromatic N) is 2. The van der Waals surface area contributed by atoms with Crippen LogP contribution in [0, 0.1) is 30.0 Å². The maximum atomic E-state index is 12.8. The van der Waals surface area contributed by atoms with Crippen molar-refractivity contribution in [2.45, 2.75) is 32.7 Å². The van der Waals surface area contributed by atoms with Crippen LogP contribution in [0.25, 0.3) is 10.8 Å². The normalized spacial score (nSPS) is 16.3. The van der Waals surface area contributed by atoms with Crippen LogP contribution in [0.2, 0.25) is 0 Å². The van der Waals surface area contributed by atoms with E-state index >= 15 is 0 Å². The van der Waals surface area contributed by atoms with Crippen LogP contribution in [-0.2, 0) is 13.0 Å². The first-order valence-electron chi connectivity index (χ1n) is 8.64. The largest absolute Gasteiger partial charge is 0.312 e. The third kappa shape index (κ3) is 3.14. The molecule has 1 aliphatic heterocycles. The molecule has 0 N–H and O–H groups in total. The monoisotopic (exact) mass is 326 g/mol. The molecule has 0 radical (unpaired) electrons. The summed E-state index contributed by atoms with van der Waals surface area (Å²) in [6, 6.07) is 14.3. The molecule has 122 valence electrons. The van der Waals surface area contributed by atoms with Crippen molar-refractivity contribution in [3.05, 3.63) is 76.0 Å². The van der Waals surface area contributed by atoms with Crippen LogP contribution in [0.3, 0.4) is 0 Å². The van der Waals surface area contributed by atoms with Crippen LogP contribution < -0.4 is 5.56 Å². The highest BCUT2D eigenvalue weighted by Crippen LogP contribution is 2.21. The first-order chi connectivity index (χ1) is 12.2. The van der Waals surface area contributed by atoms with E-state index in [1.165, 1.54) is 0 Å². The maximum Gasteiger partial charge on any atom is 0.258 e. The van der Waals surface area contributed by atoms with E-state index in [9.17, 15) is 4.79 Å². The Morgan fingerprint density at radius 1 is 1.20 bits per heavy atom. The molecule has 1 aromatic carbocycles. The predicted molar refractivity (Wildman–Crippen MR) is 98.2 cm³/mol. The highest BCUT2D eigenvalue weighted by molar-refractivity contribution is 5.83. The van der Waals surface area contributed by atoms with E-state index in [2.05, 4.69) is 42.1 Å². The molecule has 3 heterocycles. The van der Waals surface area contributed by atoms with Gasteiger partial charge in [-0.3, -0.25) is 4.79 Å². The highest BCUT2D eigenvalue weighted by Gasteiger charge is 2.15. The van der Waals surface area contributed by atoms with Gasteiger partial charge in [-0.2, -0.15) is 4.98 Å². The lowest BCUT2D eigenvalue weighted by Crippen LogP contribution is -2.22. The number of pyridine rings is 1. The van der Waals surface area contributed by atoms with Crippen LogP contribution in [0.15, 0.2) is 41.2 Å². The van der Waals surface area contributed by atoms with Gasteiger partial charge in [0.15, 0.2) is 0 Å². The minimum atomic E-state index is 0.121. The van der Waals surface area contributed by atoms with E-state index < -0.39 is 0 Å². The summed E-state index contributed by atoms with van der Waals surface area (Å²) in [6.07, 6.45) is 5.82. The summed E-state index contributed by atoms with van der Waals surface area (Å²) >= 11 is 0. The molecule has 0 fully saturated rings. The van der Waals surface area contributed by atoms with Gasteiger partial charge in [0.2, 0.25) is 0 Å². The highest BCUT2D eigenvalue weighted by atomic mass is 16.1. The molecule has 4 rings (SSSR count). The van der Waals surface area contributed by atoms with Gasteiger partial charge in [-0.15, -0.1) is 0 Å². The minimum Gasteiger partial charge on any atom is -0.312 e. The molecule has 0 bridgehead atoms. The van der Waals surface area contributed by atoms with E-state index in [4.69, 9.17) is 0 Å². The Kier molecular flexibility index (Phi) is 4.00. The first kappa shape index (κ1) is 15.5. The van der Waals surface area contributed by atoms with Gasteiger partial charge in [0.1, 0.15) is 5.69 Å². The molecule has 1 aliphatic rings. The second kappa shape index (κ2) is 6.46. The molecule has 25 heavy (non-hydrogen) atoms. The van der Waals surface area contributed by atoms with Crippen LogP contribution in [0.5, 0.6) is 0 Å². The van der Waals surface area contributed by atoms with E-state index in [-0.39, 0.29) is 5.56 Å².